The van der Waals surface area contributed by atoms with Crippen LogP contribution in [-0.4, -0.2) is 71.5 Å². The summed E-state index contributed by atoms with van der Waals surface area (Å²) >= 11 is 0. The minimum absolute atomic E-state index is 0.00274. The average molecular weight is 537 g/mol. The molecule has 0 aromatic heterocycles. The third kappa shape index (κ3) is 4.10. The maximum atomic E-state index is 13.7. The number of rotatable bonds is 6. The van der Waals surface area contributed by atoms with Gasteiger partial charge in [-0.25, -0.2) is 0 Å². The van der Waals surface area contributed by atoms with Gasteiger partial charge in [-0.2, -0.15) is 0 Å². The molecule has 10 nitrogen and oxygen atoms in total. The van der Waals surface area contributed by atoms with Gasteiger partial charge in [0.25, 0.3) is 0 Å². The number of ketones is 3. The van der Waals surface area contributed by atoms with Crippen LogP contribution in [0.3, 0.4) is 0 Å². The number of carbonyl (C=O) groups excluding carboxylic acids is 3. The number of aliphatic hydroxyl groups is 1. The predicted octanol–water partition coefficient (Wildman–Crippen LogP) is 2.36. The first-order chi connectivity index (χ1) is 18.7. The van der Waals surface area contributed by atoms with E-state index in [1.807, 2.05) is 0 Å². The second-order valence-corrected chi connectivity index (χ2v) is 9.82. The van der Waals surface area contributed by atoms with Gasteiger partial charge in [-0.15, -0.1) is 6.42 Å². The lowest BCUT2D eigenvalue weighted by Gasteiger charge is -2.42. The Balaban J connectivity index is 1.71. The Morgan fingerprint density at radius 1 is 1.13 bits per heavy atom. The van der Waals surface area contributed by atoms with E-state index < -0.39 is 59.6 Å². The summed E-state index contributed by atoms with van der Waals surface area (Å²) in [6, 6.07) is 4.49. The van der Waals surface area contributed by atoms with Gasteiger partial charge in [-0.05, 0) is 25.3 Å². The van der Waals surface area contributed by atoms with Crippen molar-refractivity contribution in [1.29, 1.82) is 0 Å². The van der Waals surface area contributed by atoms with E-state index in [0.29, 0.717) is 19.3 Å². The Morgan fingerprint density at radius 2 is 1.87 bits per heavy atom. The van der Waals surface area contributed by atoms with Gasteiger partial charge >= 0.3 is 0 Å². The van der Waals surface area contributed by atoms with Gasteiger partial charge in [-0.3, -0.25) is 14.4 Å². The predicted molar refractivity (Wildman–Crippen MR) is 135 cm³/mol. The van der Waals surface area contributed by atoms with Crippen LogP contribution in [0, 0.1) is 12.3 Å². The van der Waals surface area contributed by atoms with Crippen LogP contribution in [-0.2, 0) is 25.4 Å². The number of hydrogen-bond acceptors (Lipinski definition) is 10. The number of Topliss-reactive ketones (excluding diaryl/α,β-unsaturated/α-hetero) is 1. The molecule has 10 heteroatoms. The molecule has 2 aromatic rings. The Hall–Kier alpha value is -3.75. The van der Waals surface area contributed by atoms with Gasteiger partial charge in [0.15, 0.2) is 17.9 Å². The lowest BCUT2D eigenvalue weighted by molar-refractivity contribution is -0.217. The molecule has 0 radical (unpaired) electrons. The fourth-order valence-corrected chi connectivity index (χ4v) is 5.84. The van der Waals surface area contributed by atoms with E-state index in [1.54, 1.807) is 0 Å². The summed E-state index contributed by atoms with van der Waals surface area (Å²) in [6.07, 6.45) is 4.47. The highest BCUT2D eigenvalue weighted by molar-refractivity contribution is 6.31. The van der Waals surface area contributed by atoms with Gasteiger partial charge in [0.2, 0.25) is 5.78 Å². The van der Waals surface area contributed by atoms with Crippen molar-refractivity contribution in [2.75, 3.05) is 20.8 Å². The fraction of sp³-hybridized carbons (Fsp3) is 0.414. The number of terminal acetylenes is 1. The number of carbonyl (C=O) groups is 3. The SMILES string of the molecule is C#C[C@H]1CCC[C@H](O[C@H]2C[C@](OC)(C(=O)CO)Cc3c(O)c4c(c(O)c32)C(=O)c2c(OC)cccc2C4=O)O1. The number of aromatic hydroxyl groups is 2. The summed E-state index contributed by atoms with van der Waals surface area (Å²) in [6.45, 7) is -0.850. The summed E-state index contributed by atoms with van der Waals surface area (Å²) in [5.41, 5.74) is -2.40. The van der Waals surface area contributed by atoms with Crippen molar-refractivity contribution >= 4 is 17.3 Å². The summed E-state index contributed by atoms with van der Waals surface area (Å²) in [5, 5.41) is 32.8. The van der Waals surface area contributed by atoms with Crippen LogP contribution >= 0.6 is 0 Å². The number of aliphatic hydroxyl groups excluding tert-OH is 1. The van der Waals surface area contributed by atoms with Gasteiger partial charge in [-0.1, -0.05) is 18.1 Å². The van der Waals surface area contributed by atoms with E-state index in [-0.39, 0.29) is 52.0 Å². The Labute approximate surface area is 224 Å². The van der Waals surface area contributed by atoms with E-state index in [2.05, 4.69) is 5.92 Å². The van der Waals surface area contributed by atoms with Crippen molar-refractivity contribution in [3.8, 4) is 29.6 Å². The third-order valence-corrected chi connectivity index (χ3v) is 7.83. The molecule has 0 bridgehead atoms. The molecule has 204 valence electrons. The minimum Gasteiger partial charge on any atom is -0.507 e. The molecule has 39 heavy (non-hydrogen) atoms. The highest BCUT2D eigenvalue weighted by atomic mass is 16.7. The summed E-state index contributed by atoms with van der Waals surface area (Å²) < 4.78 is 22.9. The smallest absolute Gasteiger partial charge is 0.202 e. The van der Waals surface area contributed by atoms with Crippen LogP contribution in [0.5, 0.6) is 17.2 Å². The van der Waals surface area contributed by atoms with E-state index in [1.165, 1.54) is 32.4 Å². The second kappa shape index (κ2) is 10.1. The van der Waals surface area contributed by atoms with Crippen molar-refractivity contribution in [2.45, 2.75) is 56.2 Å². The third-order valence-electron chi connectivity index (χ3n) is 7.83. The van der Waals surface area contributed by atoms with Crippen LogP contribution < -0.4 is 4.74 Å². The standard InChI is InChI=1S/C29H28O10/c1-4-14-7-5-10-20(38-14)39-18-12-29(37-3,19(31)13-30)11-16-22(18)28(35)24-23(26(16)33)25(32)15-8-6-9-17(36-2)21(15)27(24)34/h1,6,8-9,14,18,20,30,33,35H,5,7,10-13H2,2-3H3/t14-,18-,20-,29-/m0/s1. The Morgan fingerprint density at radius 3 is 2.54 bits per heavy atom. The highest BCUT2D eigenvalue weighted by Crippen LogP contribution is 2.53. The number of methoxy groups -OCH3 is 2. The minimum atomic E-state index is -1.65. The molecule has 0 spiro atoms. The maximum Gasteiger partial charge on any atom is 0.202 e. The van der Waals surface area contributed by atoms with E-state index in [4.69, 9.17) is 25.4 Å². The van der Waals surface area contributed by atoms with Crippen molar-refractivity contribution in [1.82, 2.24) is 0 Å². The molecule has 0 saturated carbocycles. The summed E-state index contributed by atoms with van der Waals surface area (Å²) in [4.78, 5) is 40.2. The molecule has 1 saturated heterocycles. The molecule has 1 heterocycles. The van der Waals surface area contributed by atoms with Crippen molar-refractivity contribution in [2.24, 2.45) is 0 Å². The number of benzene rings is 2. The summed E-state index contributed by atoms with van der Waals surface area (Å²) in [5.74, 6) is -0.519. The van der Waals surface area contributed by atoms with Gasteiger partial charge < -0.3 is 34.3 Å². The van der Waals surface area contributed by atoms with Gasteiger partial charge in [0.05, 0.1) is 29.9 Å². The highest BCUT2D eigenvalue weighted by Gasteiger charge is 2.50. The van der Waals surface area contributed by atoms with Crippen LogP contribution in [0.2, 0.25) is 0 Å². The molecular weight excluding hydrogens is 508 g/mol. The van der Waals surface area contributed by atoms with Gasteiger partial charge in [0, 0.05) is 36.6 Å². The van der Waals surface area contributed by atoms with Crippen LogP contribution in [0.25, 0.3) is 0 Å². The Bertz CT molecular complexity index is 1420. The van der Waals surface area contributed by atoms with E-state index in [0.717, 1.165) is 0 Å². The average Bonchev–Trinajstić information content (AvgIpc) is 2.96. The zero-order chi connectivity index (χ0) is 28.1. The number of ether oxygens (including phenoxy) is 4. The molecule has 3 aliphatic rings. The van der Waals surface area contributed by atoms with Gasteiger partial charge in [0.1, 0.15) is 35.6 Å². The molecular formula is C29H28O10. The fourth-order valence-electron chi connectivity index (χ4n) is 5.84. The Kier molecular flexibility index (Phi) is 6.95. The molecule has 1 fully saturated rings. The number of phenolic OH excluding ortho intramolecular Hbond substituents is 2. The van der Waals surface area contributed by atoms with Crippen LogP contribution in [0.15, 0.2) is 18.2 Å². The van der Waals surface area contributed by atoms with Crippen molar-refractivity contribution in [3.05, 3.63) is 51.6 Å². The largest absolute Gasteiger partial charge is 0.507 e. The van der Waals surface area contributed by atoms with E-state index in [9.17, 15) is 29.7 Å². The molecule has 0 unspecified atom stereocenters. The lowest BCUT2D eigenvalue weighted by atomic mass is 9.71. The monoisotopic (exact) mass is 536 g/mol. The first kappa shape index (κ1) is 26.8. The van der Waals surface area contributed by atoms with Crippen molar-refractivity contribution < 1.29 is 48.7 Å². The molecule has 0 amide bonds. The molecule has 2 aliphatic carbocycles. The second-order valence-electron chi connectivity index (χ2n) is 9.82. The topological polar surface area (TPSA) is 149 Å². The molecule has 5 rings (SSSR count). The molecule has 2 aromatic carbocycles. The van der Waals surface area contributed by atoms with Crippen molar-refractivity contribution in [3.63, 3.8) is 0 Å². The summed E-state index contributed by atoms with van der Waals surface area (Å²) in [7, 11) is 2.64. The number of phenols is 2. The zero-order valence-electron chi connectivity index (χ0n) is 21.5. The van der Waals surface area contributed by atoms with Crippen LogP contribution in [0.4, 0.5) is 0 Å². The normalized spacial score (nSPS) is 25.7. The van der Waals surface area contributed by atoms with E-state index >= 15 is 0 Å². The zero-order valence-corrected chi connectivity index (χ0v) is 21.5. The number of hydrogen-bond donors (Lipinski definition) is 3. The molecule has 4 atom stereocenters. The molecule has 3 N–H and O–H groups in total. The van der Waals surface area contributed by atoms with Crippen LogP contribution in [0.1, 0.15) is 74.8 Å². The lowest BCUT2D eigenvalue weighted by Crippen LogP contribution is -2.49. The quantitative estimate of drug-likeness (QED) is 0.317. The first-order valence-electron chi connectivity index (χ1n) is 12.5. The number of fused-ring (bicyclic) bond motifs is 3. The first-order valence-corrected chi connectivity index (χ1v) is 12.5. The maximum absolute atomic E-state index is 13.7. The molecule has 1 aliphatic heterocycles.